The third-order valence-corrected chi connectivity index (χ3v) is 6.84. The summed E-state index contributed by atoms with van der Waals surface area (Å²) in [6, 6.07) is 30.9. The Kier molecular flexibility index (Phi) is 12.8. The zero-order valence-electron chi connectivity index (χ0n) is 22.1. The molecule has 0 amide bonds. The van der Waals surface area contributed by atoms with Crippen molar-refractivity contribution in [3.8, 4) is 0 Å². The highest BCUT2D eigenvalue weighted by atomic mass is 35.5. The fraction of sp³-hybridized carbons (Fsp3) is 0.333. The van der Waals surface area contributed by atoms with E-state index in [0.29, 0.717) is 19.8 Å². The molecule has 4 nitrogen and oxygen atoms in total. The lowest BCUT2D eigenvalue weighted by Gasteiger charge is -2.47. The van der Waals surface area contributed by atoms with Gasteiger partial charge in [-0.15, -0.1) is 25.6 Å². The molecule has 0 bridgehead atoms. The second-order valence-corrected chi connectivity index (χ2v) is 9.51. The molecule has 4 rings (SSSR count). The first kappa shape index (κ1) is 29.8. The minimum atomic E-state index is -0.244. The van der Waals surface area contributed by atoms with Gasteiger partial charge in [0.25, 0.3) is 0 Å². The summed E-state index contributed by atoms with van der Waals surface area (Å²) in [5.41, 5.74) is 3.42. The predicted molar refractivity (Wildman–Crippen MR) is 157 cm³/mol. The van der Waals surface area contributed by atoms with Crippen LogP contribution in [0.4, 0.5) is 0 Å². The Morgan fingerprint density at radius 2 is 1.16 bits per heavy atom. The number of rotatable bonds is 14. The smallest absolute Gasteiger partial charge is 0.113 e. The second-order valence-electron chi connectivity index (χ2n) is 9.51. The molecule has 1 aliphatic rings. The third kappa shape index (κ3) is 8.65. The molecule has 0 unspecified atom stereocenters. The van der Waals surface area contributed by atoms with E-state index in [1.807, 2.05) is 66.7 Å². The summed E-state index contributed by atoms with van der Waals surface area (Å²) in [7, 11) is 0. The molecule has 1 fully saturated rings. The Labute approximate surface area is 234 Å². The summed E-state index contributed by atoms with van der Waals surface area (Å²) in [6.07, 6.45) is 5.37. The van der Waals surface area contributed by atoms with E-state index in [1.54, 1.807) is 0 Å². The largest absolute Gasteiger partial charge is 0.369 e. The Morgan fingerprint density at radius 3 is 1.63 bits per heavy atom. The first-order chi connectivity index (χ1) is 18.3. The van der Waals surface area contributed by atoms with Gasteiger partial charge in [0, 0.05) is 6.54 Å². The predicted octanol–water partition coefficient (Wildman–Crippen LogP) is 7.00. The lowest BCUT2D eigenvalue weighted by Crippen LogP contribution is -2.62. The van der Waals surface area contributed by atoms with Gasteiger partial charge in [-0.25, -0.2) is 0 Å². The van der Waals surface area contributed by atoms with Gasteiger partial charge >= 0.3 is 0 Å². The minimum Gasteiger partial charge on any atom is -0.369 e. The van der Waals surface area contributed by atoms with Gasteiger partial charge in [0.1, 0.15) is 12.2 Å². The number of unbranched alkanes of at least 4 members (excludes halogenated alkanes) is 1. The van der Waals surface area contributed by atoms with E-state index in [0.717, 1.165) is 42.6 Å². The summed E-state index contributed by atoms with van der Waals surface area (Å²) in [5, 5.41) is 0. The maximum Gasteiger partial charge on any atom is 0.113 e. The van der Waals surface area contributed by atoms with Crippen LogP contribution >= 0.6 is 12.4 Å². The van der Waals surface area contributed by atoms with Crippen LogP contribution < -0.4 is 0 Å². The average molecular weight is 534 g/mol. The van der Waals surface area contributed by atoms with E-state index in [9.17, 15) is 0 Å². The molecule has 0 radical (unpaired) electrons. The minimum absolute atomic E-state index is 0. The third-order valence-electron chi connectivity index (χ3n) is 6.84. The molecule has 0 saturated carbocycles. The first-order valence-corrected chi connectivity index (χ1v) is 13.2. The molecule has 1 heterocycles. The van der Waals surface area contributed by atoms with Gasteiger partial charge in [0.15, 0.2) is 0 Å². The molecule has 0 spiro atoms. The van der Waals surface area contributed by atoms with Crippen molar-refractivity contribution in [2.24, 2.45) is 0 Å². The van der Waals surface area contributed by atoms with Crippen LogP contribution in [0.3, 0.4) is 0 Å². The lowest BCUT2D eigenvalue weighted by molar-refractivity contribution is -0.196. The normalized spacial score (nSPS) is 21.4. The van der Waals surface area contributed by atoms with Crippen LogP contribution in [0.2, 0.25) is 0 Å². The van der Waals surface area contributed by atoms with Crippen LogP contribution in [0.5, 0.6) is 0 Å². The van der Waals surface area contributed by atoms with Crippen LogP contribution in [0.15, 0.2) is 116 Å². The van der Waals surface area contributed by atoms with Crippen molar-refractivity contribution in [2.75, 3.05) is 13.1 Å². The summed E-state index contributed by atoms with van der Waals surface area (Å²) < 4.78 is 19.9. The Morgan fingerprint density at radius 1 is 0.684 bits per heavy atom. The Hall–Kier alpha value is -2.73. The summed E-state index contributed by atoms with van der Waals surface area (Å²) >= 11 is 0. The molecule has 0 aromatic heterocycles. The maximum absolute atomic E-state index is 6.65. The monoisotopic (exact) mass is 533 g/mol. The van der Waals surface area contributed by atoms with Gasteiger partial charge in [-0.05, 0) is 36.1 Å². The topological polar surface area (TPSA) is 30.9 Å². The van der Waals surface area contributed by atoms with E-state index in [2.05, 4.69) is 54.5 Å². The van der Waals surface area contributed by atoms with Gasteiger partial charge in [-0.1, -0.05) is 103 Å². The molecule has 0 aliphatic carbocycles. The molecule has 3 aromatic carbocycles. The SMILES string of the molecule is C=CCCCN1C[C@H](OCc2ccccc2)[C@@H](OCc2ccccc2)[C@H](OCc2ccccc2)[C@@H]1C=C.Cl. The van der Waals surface area contributed by atoms with E-state index < -0.39 is 0 Å². The molecule has 4 atom stereocenters. The highest BCUT2D eigenvalue weighted by Crippen LogP contribution is 2.29. The molecule has 38 heavy (non-hydrogen) atoms. The van der Waals surface area contributed by atoms with Crippen molar-refractivity contribution < 1.29 is 14.2 Å². The lowest BCUT2D eigenvalue weighted by atomic mass is 9.92. The zero-order valence-corrected chi connectivity index (χ0v) is 22.9. The summed E-state index contributed by atoms with van der Waals surface area (Å²) in [5.74, 6) is 0. The van der Waals surface area contributed by atoms with Crippen molar-refractivity contribution >= 4 is 12.4 Å². The Balaban J connectivity index is 0.00000400. The number of hydrogen-bond acceptors (Lipinski definition) is 4. The number of allylic oxidation sites excluding steroid dienone is 1. The van der Waals surface area contributed by atoms with Gasteiger partial charge in [0.2, 0.25) is 0 Å². The Bertz CT molecular complexity index is 1060. The van der Waals surface area contributed by atoms with Crippen molar-refractivity contribution in [2.45, 2.75) is 57.0 Å². The van der Waals surface area contributed by atoms with Crippen LogP contribution in [-0.2, 0) is 34.0 Å². The number of likely N-dealkylation sites (tertiary alicyclic amines) is 1. The van der Waals surface area contributed by atoms with Gasteiger partial charge < -0.3 is 14.2 Å². The molecule has 5 heteroatoms. The first-order valence-electron chi connectivity index (χ1n) is 13.2. The molecule has 0 N–H and O–H groups in total. The fourth-order valence-electron chi connectivity index (χ4n) is 4.89. The van der Waals surface area contributed by atoms with E-state index >= 15 is 0 Å². The van der Waals surface area contributed by atoms with Crippen molar-refractivity contribution in [3.05, 3.63) is 133 Å². The van der Waals surface area contributed by atoms with Crippen LogP contribution in [0, 0.1) is 0 Å². The molecule has 1 aliphatic heterocycles. The second kappa shape index (κ2) is 16.3. The van der Waals surface area contributed by atoms with Crippen LogP contribution in [0.25, 0.3) is 0 Å². The summed E-state index contributed by atoms with van der Waals surface area (Å²) in [4.78, 5) is 2.43. The average Bonchev–Trinajstić information content (AvgIpc) is 2.96. The van der Waals surface area contributed by atoms with Crippen molar-refractivity contribution in [1.82, 2.24) is 4.90 Å². The van der Waals surface area contributed by atoms with Crippen molar-refractivity contribution in [3.63, 3.8) is 0 Å². The fourth-order valence-corrected chi connectivity index (χ4v) is 4.89. The molecule has 3 aromatic rings. The number of hydrogen-bond donors (Lipinski definition) is 0. The molecule has 202 valence electrons. The molecule has 1 saturated heterocycles. The highest BCUT2D eigenvalue weighted by molar-refractivity contribution is 5.85. The van der Waals surface area contributed by atoms with Gasteiger partial charge in [-0.2, -0.15) is 0 Å². The summed E-state index contributed by atoms with van der Waals surface area (Å²) in [6.45, 7) is 11.3. The van der Waals surface area contributed by atoms with Crippen LogP contribution in [0.1, 0.15) is 29.5 Å². The van der Waals surface area contributed by atoms with E-state index in [-0.39, 0.29) is 36.8 Å². The van der Waals surface area contributed by atoms with Crippen LogP contribution in [-0.4, -0.2) is 42.3 Å². The van der Waals surface area contributed by atoms with Gasteiger partial charge in [-0.3, -0.25) is 4.90 Å². The van der Waals surface area contributed by atoms with E-state index in [1.165, 1.54) is 0 Å². The van der Waals surface area contributed by atoms with Gasteiger partial charge in [0.05, 0.1) is 32.0 Å². The number of ether oxygens (including phenoxy) is 3. The number of nitrogens with zero attached hydrogens (tertiary/aromatic N) is 1. The zero-order chi connectivity index (χ0) is 25.7. The van der Waals surface area contributed by atoms with Crippen molar-refractivity contribution in [1.29, 1.82) is 0 Å². The molecular weight excluding hydrogens is 494 g/mol. The van der Waals surface area contributed by atoms with E-state index in [4.69, 9.17) is 14.2 Å². The maximum atomic E-state index is 6.65. The highest BCUT2D eigenvalue weighted by Gasteiger charge is 2.44. The quantitative estimate of drug-likeness (QED) is 0.165. The number of benzene rings is 3. The standard InChI is InChI=1S/C33H39NO3.ClH/c1-3-5-15-22-34-23-31(35-24-27-16-9-6-10-17-27)33(37-26-29-20-13-8-14-21-29)32(30(34)4-2)36-25-28-18-11-7-12-19-28;/h3-4,6-14,16-21,30-33H,1-2,5,15,22-26H2;1H/t30-,31-,32+,33+;/m0./s1. The molecular formula is C33H40ClNO3. The number of piperidine rings is 1. The number of halogens is 1.